The first kappa shape index (κ1) is 12.6. The predicted octanol–water partition coefficient (Wildman–Crippen LogP) is 3.69. The van der Waals surface area contributed by atoms with Crippen molar-refractivity contribution in [2.75, 3.05) is 0 Å². The van der Waals surface area contributed by atoms with Crippen LogP contribution in [0, 0.1) is 6.92 Å². The number of benzene rings is 1. The van der Waals surface area contributed by atoms with Crippen LogP contribution in [-0.2, 0) is 13.1 Å². The fourth-order valence-electron chi connectivity index (χ4n) is 1.49. The van der Waals surface area contributed by atoms with Gasteiger partial charge in [0.05, 0.1) is 10.7 Å². The third-order valence-electron chi connectivity index (χ3n) is 2.30. The van der Waals surface area contributed by atoms with E-state index in [0.29, 0.717) is 6.54 Å². The van der Waals surface area contributed by atoms with Crippen LogP contribution >= 0.6 is 27.5 Å². The number of aromatic nitrogens is 1. The molecule has 1 N–H and O–H groups in total. The zero-order valence-electron chi connectivity index (χ0n) is 9.34. The molecule has 0 amide bonds. The van der Waals surface area contributed by atoms with Crippen LogP contribution in [0.5, 0.6) is 0 Å². The molecular weight excluding hydrogens is 304 g/mol. The monoisotopic (exact) mass is 314 g/mol. The Morgan fingerprint density at radius 3 is 2.82 bits per heavy atom. The summed E-state index contributed by atoms with van der Waals surface area (Å²) >= 11 is 9.37. The summed E-state index contributed by atoms with van der Waals surface area (Å²) in [5.74, 6) is 0.827. The van der Waals surface area contributed by atoms with Gasteiger partial charge in [0.1, 0.15) is 5.76 Å². The highest BCUT2D eigenvalue weighted by atomic mass is 79.9. The second-order valence-corrected chi connectivity index (χ2v) is 5.04. The summed E-state index contributed by atoms with van der Waals surface area (Å²) < 4.78 is 5.90. The first-order valence-corrected chi connectivity index (χ1v) is 6.39. The maximum Gasteiger partial charge on any atom is 0.133 e. The fraction of sp³-hybridized carbons (Fsp3) is 0.250. The lowest BCUT2D eigenvalue weighted by Gasteiger charge is -2.04. The average Bonchev–Trinajstić information content (AvgIpc) is 2.70. The molecule has 0 unspecified atom stereocenters. The van der Waals surface area contributed by atoms with Crippen molar-refractivity contribution in [1.82, 2.24) is 10.5 Å². The number of hydrogen-bond acceptors (Lipinski definition) is 3. The van der Waals surface area contributed by atoms with E-state index in [1.807, 2.05) is 31.2 Å². The fourth-order valence-corrected chi connectivity index (χ4v) is 1.94. The molecule has 2 rings (SSSR count). The summed E-state index contributed by atoms with van der Waals surface area (Å²) in [5.41, 5.74) is 2.05. The summed E-state index contributed by atoms with van der Waals surface area (Å²) in [6.07, 6.45) is 0. The highest BCUT2D eigenvalue weighted by Gasteiger charge is 2.01. The van der Waals surface area contributed by atoms with Gasteiger partial charge in [0.2, 0.25) is 0 Å². The third kappa shape index (κ3) is 3.56. The average molecular weight is 316 g/mol. The Hall–Kier alpha value is -0.840. The van der Waals surface area contributed by atoms with Crippen LogP contribution in [0.3, 0.4) is 0 Å². The Balaban J connectivity index is 1.87. The molecule has 3 nitrogen and oxygen atoms in total. The van der Waals surface area contributed by atoms with Gasteiger partial charge in [-0.2, -0.15) is 0 Å². The quantitative estimate of drug-likeness (QED) is 0.935. The summed E-state index contributed by atoms with van der Waals surface area (Å²) in [4.78, 5) is 0. The molecule has 1 heterocycles. The summed E-state index contributed by atoms with van der Waals surface area (Å²) in [6, 6.07) is 7.82. The van der Waals surface area contributed by atoms with E-state index in [4.69, 9.17) is 16.1 Å². The maximum absolute atomic E-state index is 6.01. The van der Waals surface area contributed by atoms with Gasteiger partial charge in [-0.15, -0.1) is 0 Å². The van der Waals surface area contributed by atoms with Gasteiger partial charge < -0.3 is 9.84 Å². The normalized spacial score (nSPS) is 10.8. The minimum atomic E-state index is 0.686. The second kappa shape index (κ2) is 5.67. The first-order chi connectivity index (χ1) is 8.15. The Labute approximate surface area is 113 Å². The molecule has 0 bridgehead atoms. The molecule has 0 aliphatic carbocycles. The van der Waals surface area contributed by atoms with Gasteiger partial charge in [0, 0.05) is 23.6 Å². The van der Waals surface area contributed by atoms with Gasteiger partial charge in [0.25, 0.3) is 0 Å². The lowest BCUT2D eigenvalue weighted by molar-refractivity contribution is 0.388. The number of nitrogens with zero attached hydrogens (tertiary/aromatic N) is 1. The molecule has 0 radical (unpaired) electrons. The van der Waals surface area contributed by atoms with Gasteiger partial charge in [0.15, 0.2) is 0 Å². The van der Waals surface area contributed by atoms with Gasteiger partial charge >= 0.3 is 0 Å². The highest BCUT2D eigenvalue weighted by molar-refractivity contribution is 9.10. The second-order valence-electron chi connectivity index (χ2n) is 3.78. The van der Waals surface area contributed by atoms with Crippen molar-refractivity contribution < 1.29 is 4.52 Å². The molecule has 0 aliphatic rings. The molecule has 0 saturated heterocycles. The van der Waals surface area contributed by atoms with E-state index >= 15 is 0 Å². The molecule has 1 aromatic heterocycles. The number of aryl methyl sites for hydroxylation is 1. The molecule has 0 saturated carbocycles. The van der Waals surface area contributed by atoms with Crippen LogP contribution in [0.4, 0.5) is 0 Å². The molecule has 2 aromatic rings. The van der Waals surface area contributed by atoms with Crippen molar-refractivity contribution in [3.63, 3.8) is 0 Å². The van der Waals surface area contributed by atoms with Crippen molar-refractivity contribution in [3.8, 4) is 0 Å². The standard InChI is InChI=1S/C12H12BrClN2O/c1-8-4-10(16-17-8)7-15-6-9-2-3-11(13)12(14)5-9/h2-5,15H,6-7H2,1H3. The number of halogens is 2. The zero-order chi connectivity index (χ0) is 12.3. The van der Waals surface area contributed by atoms with Crippen molar-refractivity contribution in [2.24, 2.45) is 0 Å². The topological polar surface area (TPSA) is 38.1 Å². The van der Waals surface area contributed by atoms with Crippen molar-refractivity contribution >= 4 is 27.5 Å². The zero-order valence-corrected chi connectivity index (χ0v) is 11.7. The SMILES string of the molecule is Cc1cc(CNCc2ccc(Br)c(Cl)c2)no1. The molecule has 0 aliphatic heterocycles. The van der Waals surface area contributed by atoms with E-state index < -0.39 is 0 Å². The van der Waals surface area contributed by atoms with Gasteiger partial charge in [-0.3, -0.25) is 0 Å². The molecule has 0 atom stereocenters. The molecule has 1 aromatic carbocycles. The van der Waals surface area contributed by atoms with E-state index in [0.717, 1.165) is 33.1 Å². The minimum absolute atomic E-state index is 0.686. The van der Waals surface area contributed by atoms with E-state index in [1.165, 1.54) is 0 Å². The van der Waals surface area contributed by atoms with Crippen molar-refractivity contribution in [2.45, 2.75) is 20.0 Å². The maximum atomic E-state index is 6.01. The molecule has 0 fully saturated rings. The van der Waals surface area contributed by atoms with Crippen LogP contribution in [0.1, 0.15) is 17.0 Å². The Morgan fingerprint density at radius 2 is 2.18 bits per heavy atom. The summed E-state index contributed by atoms with van der Waals surface area (Å²) in [6.45, 7) is 3.31. The van der Waals surface area contributed by atoms with E-state index in [-0.39, 0.29) is 0 Å². The summed E-state index contributed by atoms with van der Waals surface area (Å²) in [7, 11) is 0. The largest absolute Gasteiger partial charge is 0.361 e. The number of hydrogen-bond donors (Lipinski definition) is 1. The van der Waals surface area contributed by atoms with Crippen LogP contribution < -0.4 is 5.32 Å². The lowest BCUT2D eigenvalue weighted by Crippen LogP contribution is -2.12. The molecule has 0 spiro atoms. The van der Waals surface area contributed by atoms with Crippen LogP contribution in [0.2, 0.25) is 5.02 Å². The van der Waals surface area contributed by atoms with Gasteiger partial charge in [-0.1, -0.05) is 22.8 Å². The molecule has 90 valence electrons. The number of nitrogens with one attached hydrogen (secondary N) is 1. The van der Waals surface area contributed by atoms with Crippen LogP contribution in [0.15, 0.2) is 33.3 Å². The van der Waals surface area contributed by atoms with Crippen LogP contribution in [0.25, 0.3) is 0 Å². The Kier molecular flexibility index (Phi) is 4.20. The first-order valence-electron chi connectivity index (χ1n) is 5.22. The summed E-state index contributed by atoms with van der Waals surface area (Å²) in [5, 5.41) is 7.91. The molecule has 17 heavy (non-hydrogen) atoms. The smallest absolute Gasteiger partial charge is 0.133 e. The lowest BCUT2D eigenvalue weighted by atomic mass is 10.2. The third-order valence-corrected chi connectivity index (χ3v) is 3.53. The van der Waals surface area contributed by atoms with Crippen molar-refractivity contribution in [1.29, 1.82) is 0 Å². The minimum Gasteiger partial charge on any atom is -0.361 e. The van der Waals surface area contributed by atoms with E-state index in [9.17, 15) is 0 Å². The van der Waals surface area contributed by atoms with E-state index in [1.54, 1.807) is 0 Å². The van der Waals surface area contributed by atoms with Gasteiger partial charge in [-0.05, 0) is 40.5 Å². The van der Waals surface area contributed by atoms with E-state index in [2.05, 4.69) is 26.4 Å². The molecule has 5 heteroatoms. The predicted molar refractivity (Wildman–Crippen MR) is 70.9 cm³/mol. The highest BCUT2D eigenvalue weighted by Crippen LogP contribution is 2.23. The van der Waals surface area contributed by atoms with Crippen molar-refractivity contribution in [3.05, 3.63) is 50.8 Å². The number of rotatable bonds is 4. The van der Waals surface area contributed by atoms with Gasteiger partial charge in [-0.25, -0.2) is 0 Å². The Morgan fingerprint density at radius 1 is 1.35 bits per heavy atom. The Bertz CT molecular complexity index is 513. The molecular formula is C12H12BrClN2O. The van der Waals surface area contributed by atoms with Crippen LogP contribution in [-0.4, -0.2) is 5.16 Å².